The first-order valence-electron chi connectivity index (χ1n) is 11.5. The number of aliphatic hydroxyl groups is 1. The minimum Gasteiger partial charge on any atom is -0.493 e. The van der Waals surface area contributed by atoms with Crippen molar-refractivity contribution < 1.29 is 23.8 Å². The molecule has 32 heavy (non-hydrogen) atoms. The van der Waals surface area contributed by atoms with Gasteiger partial charge in [-0.05, 0) is 62.1 Å². The van der Waals surface area contributed by atoms with Crippen LogP contribution in [0.4, 0.5) is 0 Å². The van der Waals surface area contributed by atoms with E-state index in [0.29, 0.717) is 24.4 Å². The number of carbonyl (C=O) groups excluding carboxylic acids is 1. The van der Waals surface area contributed by atoms with Crippen LogP contribution in [0.3, 0.4) is 0 Å². The SMILES string of the molecule is CC(=O)O[C@@H]1CC[C@]2(C)[C@H](CC[C@@](C)(O)[C@@H]2COc2ccc3ccc(=O)oc3c2)C1(C)C. The number of rotatable bonds is 4. The summed E-state index contributed by atoms with van der Waals surface area (Å²) in [7, 11) is 0. The number of carbonyl (C=O) groups is 1. The van der Waals surface area contributed by atoms with Crippen molar-refractivity contribution in [3.05, 3.63) is 40.8 Å². The van der Waals surface area contributed by atoms with Gasteiger partial charge in [0, 0.05) is 35.8 Å². The molecule has 2 saturated carbocycles. The van der Waals surface area contributed by atoms with Crippen LogP contribution in [0.25, 0.3) is 11.0 Å². The average Bonchev–Trinajstić information content (AvgIpc) is 2.68. The smallest absolute Gasteiger partial charge is 0.336 e. The normalized spacial score (nSPS) is 34.0. The summed E-state index contributed by atoms with van der Waals surface area (Å²) in [4.78, 5) is 23.2. The zero-order valence-electron chi connectivity index (χ0n) is 19.6. The van der Waals surface area contributed by atoms with E-state index in [2.05, 4.69) is 20.8 Å². The van der Waals surface area contributed by atoms with Gasteiger partial charge in [-0.1, -0.05) is 20.8 Å². The highest BCUT2D eigenvalue weighted by Crippen LogP contribution is 2.62. The second-order valence-corrected chi connectivity index (χ2v) is 10.7. The van der Waals surface area contributed by atoms with Crippen molar-refractivity contribution in [3.63, 3.8) is 0 Å². The summed E-state index contributed by atoms with van der Waals surface area (Å²) >= 11 is 0. The third kappa shape index (κ3) is 3.94. The van der Waals surface area contributed by atoms with Crippen LogP contribution < -0.4 is 10.4 Å². The van der Waals surface area contributed by atoms with Crippen molar-refractivity contribution in [2.75, 3.05) is 6.61 Å². The Labute approximate surface area is 188 Å². The number of esters is 1. The molecule has 6 heteroatoms. The second-order valence-electron chi connectivity index (χ2n) is 10.7. The zero-order chi connectivity index (χ0) is 23.3. The predicted octanol–water partition coefficient (Wildman–Crippen LogP) is 4.71. The van der Waals surface area contributed by atoms with Crippen molar-refractivity contribution in [1.82, 2.24) is 0 Å². The Morgan fingerprint density at radius 3 is 2.56 bits per heavy atom. The van der Waals surface area contributed by atoms with Gasteiger partial charge in [-0.15, -0.1) is 0 Å². The minimum absolute atomic E-state index is 0.0928. The Morgan fingerprint density at radius 1 is 1.12 bits per heavy atom. The molecular weight excluding hydrogens is 408 g/mol. The quantitative estimate of drug-likeness (QED) is 0.545. The number of fused-ring (bicyclic) bond motifs is 2. The molecule has 0 aliphatic heterocycles. The number of hydrogen-bond donors (Lipinski definition) is 1. The molecular formula is C26H34O6. The fraction of sp³-hybridized carbons (Fsp3) is 0.615. The van der Waals surface area contributed by atoms with Crippen molar-refractivity contribution in [1.29, 1.82) is 0 Å². The van der Waals surface area contributed by atoms with E-state index >= 15 is 0 Å². The standard InChI is InChI=1S/C26H34O6/c1-16(27)31-22-11-12-25(4)20(24(22,2)3)10-13-26(5,29)21(25)15-30-18-8-6-17-7-9-23(28)32-19(17)14-18/h6-9,14,20-22,29H,10-13,15H2,1-5H3/t20-,21-,22-,25-,26-/m1/s1. The van der Waals surface area contributed by atoms with Crippen LogP contribution in [0.1, 0.15) is 60.3 Å². The first-order valence-corrected chi connectivity index (χ1v) is 11.5. The molecule has 2 aromatic rings. The van der Waals surface area contributed by atoms with Crippen LogP contribution in [0.5, 0.6) is 5.75 Å². The van der Waals surface area contributed by atoms with Crippen LogP contribution >= 0.6 is 0 Å². The summed E-state index contributed by atoms with van der Waals surface area (Å²) in [5.74, 6) is 0.569. The largest absolute Gasteiger partial charge is 0.493 e. The van der Waals surface area contributed by atoms with Gasteiger partial charge in [0.2, 0.25) is 0 Å². The molecule has 6 nitrogen and oxygen atoms in total. The van der Waals surface area contributed by atoms with Gasteiger partial charge in [0.25, 0.3) is 0 Å². The number of ether oxygens (including phenoxy) is 2. The van der Waals surface area contributed by atoms with E-state index in [1.807, 2.05) is 19.1 Å². The summed E-state index contributed by atoms with van der Waals surface area (Å²) in [6.07, 6.45) is 3.06. The molecule has 1 heterocycles. The molecule has 1 aromatic heterocycles. The number of benzene rings is 1. The molecule has 4 rings (SSSR count). The predicted molar refractivity (Wildman–Crippen MR) is 121 cm³/mol. The molecule has 0 unspecified atom stereocenters. The van der Waals surface area contributed by atoms with Crippen LogP contribution in [0.15, 0.2) is 39.5 Å². The van der Waals surface area contributed by atoms with Crippen LogP contribution in [-0.4, -0.2) is 29.4 Å². The lowest BCUT2D eigenvalue weighted by atomic mass is 9.45. The summed E-state index contributed by atoms with van der Waals surface area (Å²) in [5, 5.41) is 12.2. The van der Waals surface area contributed by atoms with Gasteiger partial charge in [-0.3, -0.25) is 4.79 Å². The van der Waals surface area contributed by atoms with Crippen molar-refractivity contribution in [3.8, 4) is 5.75 Å². The van der Waals surface area contributed by atoms with Gasteiger partial charge in [-0.2, -0.15) is 0 Å². The third-order valence-corrected chi connectivity index (χ3v) is 8.27. The topological polar surface area (TPSA) is 86.0 Å². The van der Waals surface area contributed by atoms with Gasteiger partial charge in [0.1, 0.15) is 17.4 Å². The molecule has 1 aromatic carbocycles. The van der Waals surface area contributed by atoms with Crippen molar-refractivity contribution >= 4 is 16.9 Å². The summed E-state index contributed by atoms with van der Waals surface area (Å²) < 4.78 is 17.2. The molecule has 0 bridgehead atoms. The van der Waals surface area contributed by atoms with Gasteiger partial charge in [0.05, 0.1) is 12.2 Å². The molecule has 2 aliphatic carbocycles. The second kappa shape index (κ2) is 7.91. The zero-order valence-corrected chi connectivity index (χ0v) is 19.6. The molecule has 5 atom stereocenters. The molecule has 0 amide bonds. The lowest BCUT2D eigenvalue weighted by molar-refractivity contribution is -0.210. The van der Waals surface area contributed by atoms with Crippen LogP contribution in [0, 0.1) is 22.7 Å². The van der Waals surface area contributed by atoms with E-state index in [1.165, 1.54) is 13.0 Å². The van der Waals surface area contributed by atoms with E-state index in [0.717, 1.165) is 24.6 Å². The lowest BCUT2D eigenvalue weighted by Gasteiger charge is -2.62. The summed E-state index contributed by atoms with van der Waals surface area (Å²) in [6.45, 7) is 10.4. The van der Waals surface area contributed by atoms with Crippen molar-refractivity contribution in [2.45, 2.75) is 72.0 Å². The first-order chi connectivity index (χ1) is 14.9. The highest BCUT2D eigenvalue weighted by molar-refractivity contribution is 5.77. The van der Waals surface area contributed by atoms with Gasteiger partial charge < -0.3 is 19.0 Å². The Bertz CT molecular complexity index is 1070. The molecule has 0 saturated heterocycles. The maximum atomic E-state index is 11.7. The van der Waals surface area contributed by atoms with E-state index in [-0.39, 0.29) is 34.7 Å². The molecule has 2 aliphatic rings. The fourth-order valence-corrected chi connectivity index (χ4v) is 6.59. The average molecular weight is 443 g/mol. The van der Waals surface area contributed by atoms with Crippen LogP contribution in [-0.2, 0) is 9.53 Å². The third-order valence-electron chi connectivity index (χ3n) is 8.27. The Balaban J connectivity index is 1.59. The Kier molecular flexibility index (Phi) is 5.64. The first kappa shape index (κ1) is 22.8. The van der Waals surface area contributed by atoms with Gasteiger partial charge in [0.15, 0.2) is 0 Å². The summed E-state index contributed by atoms with van der Waals surface area (Å²) in [6, 6.07) is 8.59. The molecule has 174 valence electrons. The van der Waals surface area contributed by atoms with Gasteiger partial charge in [-0.25, -0.2) is 4.79 Å². The monoisotopic (exact) mass is 442 g/mol. The van der Waals surface area contributed by atoms with Crippen molar-refractivity contribution in [2.24, 2.45) is 22.7 Å². The highest BCUT2D eigenvalue weighted by atomic mass is 16.5. The maximum absolute atomic E-state index is 11.7. The molecule has 1 N–H and O–H groups in total. The van der Waals surface area contributed by atoms with E-state index in [9.17, 15) is 14.7 Å². The lowest BCUT2D eigenvalue weighted by Crippen LogP contribution is -2.62. The maximum Gasteiger partial charge on any atom is 0.336 e. The fourth-order valence-electron chi connectivity index (χ4n) is 6.59. The summed E-state index contributed by atoms with van der Waals surface area (Å²) in [5.41, 5.74) is -1.13. The molecule has 0 spiro atoms. The van der Waals surface area contributed by atoms with Gasteiger partial charge >= 0.3 is 11.6 Å². The Morgan fingerprint density at radius 2 is 1.84 bits per heavy atom. The van der Waals surface area contributed by atoms with E-state index < -0.39 is 11.2 Å². The van der Waals surface area contributed by atoms with Crippen LogP contribution in [0.2, 0.25) is 0 Å². The molecule has 0 radical (unpaired) electrons. The highest BCUT2D eigenvalue weighted by Gasteiger charge is 2.61. The van der Waals surface area contributed by atoms with E-state index in [1.54, 1.807) is 12.1 Å². The minimum atomic E-state index is -0.862. The molecule has 2 fully saturated rings. The van der Waals surface area contributed by atoms with E-state index in [4.69, 9.17) is 13.9 Å². The number of hydrogen-bond acceptors (Lipinski definition) is 6. The Hall–Kier alpha value is -2.34.